The lowest BCUT2D eigenvalue weighted by Gasteiger charge is -2.32. The van der Waals surface area contributed by atoms with E-state index in [0.29, 0.717) is 37.4 Å². The molecule has 1 saturated carbocycles. The predicted molar refractivity (Wildman–Crippen MR) is 155 cm³/mol. The molecule has 214 valence electrons. The number of aryl methyl sites for hydroxylation is 1. The van der Waals surface area contributed by atoms with Gasteiger partial charge >= 0.3 is 0 Å². The van der Waals surface area contributed by atoms with Crippen molar-refractivity contribution in [2.75, 3.05) is 23.7 Å². The van der Waals surface area contributed by atoms with Crippen molar-refractivity contribution >= 4 is 27.5 Å². The molecule has 0 heterocycles. The highest BCUT2D eigenvalue weighted by Gasteiger charge is 2.31. The molecule has 2 amide bonds. The number of rotatable bonds is 14. The van der Waals surface area contributed by atoms with Crippen LogP contribution in [0.4, 0.5) is 5.69 Å². The predicted octanol–water partition coefficient (Wildman–Crippen LogP) is 4.81. The van der Waals surface area contributed by atoms with E-state index < -0.39 is 16.1 Å². The lowest BCUT2D eigenvalue weighted by molar-refractivity contribution is -0.141. The van der Waals surface area contributed by atoms with Crippen LogP contribution in [0.15, 0.2) is 48.5 Å². The van der Waals surface area contributed by atoms with Gasteiger partial charge in [-0.15, -0.1) is 0 Å². The molecule has 3 rings (SSSR count). The van der Waals surface area contributed by atoms with Crippen molar-refractivity contribution in [2.24, 2.45) is 0 Å². The molecule has 1 aliphatic rings. The van der Waals surface area contributed by atoms with Crippen LogP contribution in [0, 0.1) is 6.92 Å². The van der Waals surface area contributed by atoms with Gasteiger partial charge in [0.2, 0.25) is 21.8 Å². The second-order valence-electron chi connectivity index (χ2n) is 10.3. The van der Waals surface area contributed by atoms with E-state index in [4.69, 9.17) is 4.74 Å². The Morgan fingerprint density at radius 2 is 1.79 bits per heavy atom. The molecule has 2 aromatic carbocycles. The Hall–Kier alpha value is -3.07. The molecule has 8 nitrogen and oxygen atoms in total. The molecule has 39 heavy (non-hydrogen) atoms. The number of nitrogens with one attached hydrogen (secondary N) is 1. The number of nitrogens with zero attached hydrogens (tertiary/aromatic N) is 2. The smallest absolute Gasteiger partial charge is 0.243 e. The normalized spacial score (nSPS) is 14.6. The van der Waals surface area contributed by atoms with Crippen LogP contribution in [0.2, 0.25) is 0 Å². The van der Waals surface area contributed by atoms with Gasteiger partial charge in [-0.1, -0.05) is 61.7 Å². The van der Waals surface area contributed by atoms with Crippen LogP contribution in [-0.2, 0) is 26.2 Å². The highest BCUT2D eigenvalue weighted by molar-refractivity contribution is 7.92. The molecule has 1 N–H and O–H groups in total. The van der Waals surface area contributed by atoms with Crippen LogP contribution in [0.5, 0.6) is 5.75 Å². The second-order valence-corrected chi connectivity index (χ2v) is 12.2. The van der Waals surface area contributed by atoms with Gasteiger partial charge in [-0.05, 0) is 57.2 Å². The van der Waals surface area contributed by atoms with Crippen molar-refractivity contribution in [3.8, 4) is 5.75 Å². The van der Waals surface area contributed by atoms with E-state index in [0.717, 1.165) is 43.1 Å². The first kappa shape index (κ1) is 30.5. The van der Waals surface area contributed by atoms with Crippen LogP contribution < -0.4 is 14.4 Å². The third kappa shape index (κ3) is 8.71. The Labute approximate surface area is 233 Å². The van der Waals surface area contributed by atoms with Crippen LogP contribution in [0.25, 0.3) is 0 Å². The van der Waals surface area contributed by atoms with Gasteiger partial charge in [0.15, 0.2) is 0 Å². The number of ether oxygens (including phenoxy) is 1. The van der Waals surface area contributed by atoms with E-state index in [1.165, 1.54) is 4.31 Å². The third-order valence-electron chi connectivity index (χ3n) is 7.11. The zero-order chi connectivity index (χ0) is 28.4. The molecule has 0 saturated heterocycles. The van der Waals surface area contributed by atoms with E-state index >= 15 is 0 Å². The maximum atomic E-state index is 13.7. The van der Waals surface area contributed by atoms with Gasteiger partial charge < -0.3 is 15.0 Å². The van der Waals surface area contributed by atoms with Crippen LogP contribution in [0.3, 0.4) is 0 Å². The molecule has 2 aromatic rings. The fraction of sp³-hybridized carbons (Fsp3) is 0.533. The average Bonchev–Trinajstić information content (AvgIpc) is 3.39. The first-order valence-electron chi connectivity index (χ1n) is 14.0. The minimum Gasteiger partial charge on any atom is -0.492 e. The Kier molecular flexibility index (Phi) is 11.2. The van der Waals surface area contributed by atoms with E-state index in [1.807, 2.05) is 45.0 Å². The zero-order valence-corrected chi connectivity index (χ0v) is 24.5. The molecule has 0 bridgehead atoms. The molecule has 0 aromatic heterocycles. The minimum atomic E-state index is -3.61. The molecule has 0 radical (unpaired) electrons. The molecule has 9 heteroatoms. The molecule has 0 spiro atoms. The van der Waals surface area contributed by atoms with E-state index in [2.05, 4.69) is 5.32 Å². The first-order valence-corrected chi connectivity index (χ1v) is 15.8. The van der Waals surface area contributed by atoms with Gasteiger partial charge in [-0.25, -0.2) is 8.42 Å². The van der Waals surface area contributed by atoms with Gasteiger partial charge in [0.05, 0.1) is 18.6 Å². The number of benzene rings is 2. The zero-order valence-electron chi connectivity index (χ0n) is 23.7. The summed E-state index contributed by atoms with van der Waals surface area (Å²) >= 11 is 0. The number of anilines is 1. The van der Waals surface area contributed by atoms with E-state index in [9.17, 15) is 18.0 Å². The van der Waals surface area contributed by atoms with Gasteiger partial charge in [0, 0.05) is 25.6 Å². The molecule has 1 atom stereocenters. The lowest BCUT2D eigenvalue weighted by atomic mass is 10.1. The van der Waals surface area contributed by atoms with Gasteiger partial charge in [0.25, 0.3) is 0 Å². The van der Waals surface area contributed by atoms with Gasteiger partial charge in [-0.2, -0.15) is 0 Å². The third-order valence-corrected chi connectivity index (χ3v) is 8.29. The molecular formula is C30H43N3O5S. The average molecular weight is 558 g/mol. The first-order chi connectivity index (χ1) is 18.6. The summed E-state index contributed by atoms with van der Waals surface area (Å²) in [6.07, 6.45) is 6.22. The van der Waals surface area contributed by atoms with E-state index in [-0.39, 0.29) is 30.8 Å². The van der Waals surface area contributed by atoms with Crippen molar-refractivity contribution in [1.29, 1.82) is 0 Å². The lowest BCUT2D eigenvalue weighted by Crippen LogP contribution is -2.51. The molecule has 1 aliphatic carbocycles. The number of carbonyl (C=O) groups is 2. The highest BCUT2D eigenvalue weighted by atomic mass is 32.2. The summed E-state index contributed by atoms with van der Waals surface area (Å²) in [6, 6.07) is 14.5. The molecule has 0 aliphatic heterocycles. The number of para-hydroxylation sites is 2. The van der Waals surface area contributed by atoms with E-state index in [1.54, 1.807) is 29.2 Å². The Bertz CT molecular complexity index is 1210. The number of hydrogen-bond acceptors (Lipinski definition) is 5. The van der Waals surface area contributed by atoms with Crippen molar-refractivity contribution in [2.45, 2.75) is 84.3 Å². The Balaban J connectivity index is 1.78. The molecule has 0 unspecified atom stereocenters. The van der Waals surface area contributed by atoms with Gasteiger partial charge in [0.1, 0.15) is 11.8 Å². The van der Waals surface area contributed by atoms with Crippen molar-refractivity contribution < 1.29 is 22.7 Å². The van der Waals surface area contributed by atoms with Gasteiger partial charge in [-0.3, -0.25) is 13.9 Å². The van der Waals surface area contributed by atoms with Crippen LogP contribution >= 0.6 is 0 Å². The summed E-state index contributed by atoms with van der Waals surface area (Å²) in [5, 5.41) is 3.16. The highest BCUT2D eigenvalue weighted by Crippen LogP contribution is 2.30. The fourth-order valence-corrected chi connectivity index (χ4v) is 6.19. The summed E-state index contributed by atoms with van der Waals surface area (Å²) in [4.78, 5) is 28.7. The standard InChI is InChI=1S/C30H43N3O5S/c1-5-26(30(35)31-25-15-7-8-16-25)32(22-24-14-11-13-23(3)21-24)29(34)19-12-20-33(39(4,36)37)27-17-9-10-18-28(27)38-6-2/h9-11,13-14,17-18,21,25-26H,5-8,12,15-16,19-20,22H2,1-4H3,(H,31,35)/t26-/m0/s1. The summed E-state index contributed by atoms with van der Waals surface area (Å²) in [6.45, 7) is 6.61. The van der Waals surface area contributed by atoms with Crippen LogP contribution in [0.1, 0.15) is 69.9 Å². The number of amides is 2. The Morgan fingerprint density at radius 1 is 1.08 bits per heavy atom. The summed E-state index contributed by atoms with van der Waals surface area (Å²) < 4.78 is 32.4. The molecular weight excluding hydrogens is 514 g/mol. The summed E-state index contributed by atoms with van der Waals surface area (Å²) in [5.74, 6) is 0.192. The minimum absolute atomic E-state index is 0.113. The summed E-state index contributed by atoms with van der Waals surface area (Å²) in [5.41, 5.74) is 2.49. The topological polar surface area (TPSA) is 96.0 Å². The van der Waals surface area contributed by atoms with Crippen LogP contribution in [-0.4, -0.2) is 56.6 Å². The fourth-order valence-electron chi connectivity index (χ4n) is 5.22. The maximum Gasteiger partial charge on any atom is 0.243 e. The molecule has 1 fully saturated rings. The summed E-state index contributed by atoms with van der Waals surface area (Å²) in [7, 11) is -3.61. The van der Waals surface area contributed by atoms with Crippen molar-refractivity contribution in [3.63, 3.8) is 0 Å². The SMILES string of the molecule is CCOc1ccccc1N(CCCC(=O)N(Cc1cccc(C)c1)[C@@H](CC)C(=O)NC1CCCC1)S(C)(=O)=O. The van der Waals surface area contributed by atoms with Crippen molar-refractivity contribution in [3.05, 3.63) is 59.7 Å². The van der Waals surface area contributed by atoms with Crippen molar-refractivity contribution in [1.82, 2.24) is 10.2 Å². The maximum absolute atomic E-state index is 13.7. The second kappa shape index (κ2) is 14.4. The monoisotopic (exact) mass is 557 g/mol. The largest absolute Gasteiger partial charge is 0.492 e. The number of hydrogen-bond donors (Lipinski definition) is 1. The Morgan fingerprint density at radius 3 is 2.44 bits per heavy atom. The quantitative estimate of drug-likeness (QED) is 0.360. The number of carbonyl (C=O) groups excluding carboxylic acids is 2. The number of sulfonamides is 1.